The van der Waals surface area contributed by atoms with E-state index in [1.807, 2.05) is 0 Å². The van der Waals surface area contributed by atoms with Gasteiger partial charge in [-0.15, -0.1) is 0 Å². The first kappa shape index (κ1) is 15.0. The molecule has 1 heterocycles. The van der Waals surface area contributed by atoms with Crippen LogP contribution in [-0.4, -0.2) is 16.8 Å². The standard InChI is InChI=1S/C16H19N3O2S/c17-15(21)11-6-7-12-13(9-11)22-16(18-12)19-14(20)8-10-4-2-1-3-5-10/h6-7,9-10H,1-5,8H2,(H2,17,21)(H,18,19,20). The van der Waals surface area contributed by atoms with Crippen molar-refractivity contribution in [2.24, 2.45) is 11.7 Å². The molecular weight excluding hydrogens is 298 g/mol. The number of nitrogens with one attached hydrogen (secondary N) is 1. The zero-order chi connectivity index (χ0) is 15.5. The van der Waals surface area contributed by atoms with Crippen molar-refractivity contribution < 1.29 is 9.59 Å². The van der Waals surface area contributed by atoms with Crippen LogP contribution in [0.2, 0.25) is 0 Å². The van der Waals surface area contributed by atoms with Gasteiger partial charge >= 0.3 is 0 Å². The predicted octanol–water partition coefficient (Wildman–Crippen LogP) is 3.30. The number of rotatable bonds is 4. The second-order valence-electron chi connectivity index (χ2n) is 5.82. The van der Waals surface area contributed by atoms with Gasteiger partial charge in [0.25, 0.3) is 0 Å². The van der Waals surface area contributed by atoms with Gasteiger partial charge in [0.05, 0.1) is 10.2 Å². The van der Waals surface area contributed by atoms with E-state index in [4.69, 9.17) is 5.73 Å². The summed E-state index contributed by atoms with van der Waals surface area (Å²) in [5.74, 6) is 0.0730. The number of amides is 2. The van der Waals surface area contributed by atoms with Crippen LogP contribution in [0.25, 0.3) is 10.2 Å². The molecule has 2 amide bonds. The summed E-state index contributed by atoms with van der Waals surface area (Å²) in [6.07, 6.45) is 6.62. The first-order chi connectivity index (χ1) is 10.6. The molecular formula is C16H19N3O2S. The molecule has 116 valence electrons. The van der Waals surface area contributed by atoms with E-state index in [0.29, 0.717) is 23.0 Å². The number of fused-ring (bicyclic) bond motifs is 1. The Bertz CT molecular complexity index is 704. The van der Waals surface area contributed by atoms with E-state index in [1.54, 1.807) is 18.2 Å². The van der Waals surface area contributed by atoms with E-state index >= 15 is 0 Å². The Morgan fingerprint density at radius 1 is 1.27 bits per heavy atom. The molecule has 22 heavy (non-hydrogen) atoms. The quantitative estimate of drug-likeness (QED) is 0.907. The number of nitrogens with zero attached hydrogens (tertiary/aromatic N) is 1. The summed E-state index contributed by atoms with van der Waals surface area (Å²) in [5.41, 5.74) is 6.49. The molecule has 6 heteroatoms. The van der Waals surface area contributed by atoms with Gasteiger partial charge in [-0.05, 0) is 37.0 Å². The fourth-order valence-electron chi connectivity index (χ4n) is 2.96. The molecule has 0 bridgehead atoms. The lowest BCUT2D eigenvalue weighted by Crippen LogP contribution is -2.18. The summed E-state index contributed by atoms with van der Waals surface area (Å²) < 4.78 is 0.851. The van der Waals surface area contributed by atoms with Gasteiger partial charge in [0.1, 0.15) is 0 Å². The lowest BCUT2D eigenvalue weighted by Gasteiger charge is -2.20. The first-order valence-electron chi connectivity index (χ1n) is 7.62. The van der Waals surface area contributed by atoms with E-state index in [2.05, 4.69) is 10.3 Å². The van der Waals surface area contributed by atoms with Crippen LogP contribution in [0, 0.1) is 5.92 Å². The average molecular weight is 317 g/mol. The summed E-state index contributed by atoms with van der Waals surface area (Å²) in [6.45, 7) is 0. The maximum Gasteiger partial charge on any atom is 0.248 e. The minimum Gasteiger partial charge on any atom is -0.366 e. The second kappa shape index (κ2) is 6.44. The highest BCUT2D eigenvalue weighted by molar-refractivity contribution is 7.22. The molecule has 0 saturated heterocycles. The largest absolute Gasteiger partial charge is 0.366 e. The minimum atomic E-state index is -0.460. The number of nitrogens with two attached hydrogens (primary N) is 1. The highest BCUT2D eigenvalue weighted by Gasteiger charge is 2.18. The van der Waals surface area contributed by atoms with Gasteiger partial charge in [-0.1, -0.05) is 30.6 Å². The van der Waals surface area contributed by atoms with Gasteiger partial charge in [0.15, 0.2) is 5.13 Å². The van der Waals surface area contributed by atoms with Gasteiger partial charge in [0, 0.05) is 12.0 Å². The topological polar surface area (TPSA) is 85.1 Å². The van der Waals surface area contributed by atoms with Crippen molar-refractivity contribution >= 4 is 38.5 Å². The SMILES string of the molecule is NC(=O)c1ccc2nc(NC(=O)CC3CCCCC3)sc2c1. The van der Waals surface area contributed by atoms with E-state index in [1.165, 1.54) is 30.6 Å². The molecule has 1 aromatic carbocycles. The molecule has 2 aromatic rings. The van der Waals surface area contributed by atoms with E-state index in [-0.39, 0.29) is 5.91 Å². The van der Waals surface area contributed by atoms with Crippen molar-refractivity contribution in [1.29, 1.82) is 0 Å². The van der Waals surface area contributed by atoms with E-state index < -0.39 is 5.91 Å². The Labute approximate surface area is 132 Å². The third kappa shape index (κ3) is 3.44. The van der Waals surface area contributed by atoms with Crippen molar-refractivity contribution in [3.63, 3.8) is 0 Å². The lowest BCUT2D eigenvalue weighted by molar-refractivity contribution is -0.117. The fourth-order valence-corrected chi connectivity index (χ4v) is 3.88. The number of primary amides is 1. The van der Waals surface area contributed by atoms with Gasteiger partial charge in [-0.25, -0.2) is 4.98 Å². The number of hydrogen-bond acceptors (Lipinski definition) is 4. The zero-order valence-corrected chi connectivity index (χ0v) is 13.1. The van der Waals surface area contributed by atoms with Crippen molar-refractivity contribution in [1.82, 2.24) is 4.98 Å². The normalized spacial score (nSPS) is 15.8. The Balaban J connectivity index is 1.67. The van der Waals surface area contributed by atoms with Crippen LogP contribution >= 0.6 is 11.3 Å². The number of carbonyl (C=O) groups is 2. The van der Waals surface area contributed by atoms with Crippen LogP contribution in [0.15, 0.2) is 18.2 Å². The van der Waals surface area contributed by atoms with Crippen molar-refractivity contribution in [3.05, 3.63) is 23.8 Å². The molecule has 3 rings (SSSR count). The van der Waals surface area contributed by atoms with Gasteiger partial charge in [0.2, 0.25) is 11.8 Å². The Morgan fingerprint density at radius 3 is 2.77 bits per heavy atom. The maximum atomic E-state index is 12.1. The van der Waals surface area contributed by atoms with Crippen LogP contribution in [0.1, 0.15) is 48.9 Å². The predicted molar refractivity (Wildman–Crippen MR) is 88.0 cm³/mol. The van der Waals surface area contributed by atoms with Crippen LogP contribution in [0.4, 0.5) is 5.13 Å². The molecule has 0 radical (unpaired) electrons. The summed E-state index contributed by atoms with van der Waals surface area (Å²) in [6, 6.07) is 5.12. The Kier molecular flexibility index (Phi) is 4.38. The number of thiazole rings is 1. The summed E-state index contributed by atoms with van der Waals surface area (Å²) in [5, 5.41) is 3.46. The van der Waals surface area contributed by atoms with Gasteiger partial charge in [-0.2, -0.15) is 0 Å². The van der Waals surface area contributed by atoms with Crippen LogP contribution in [-0.2, 0) is 4.79 Å². The lowest BCUT2D eigenvalue weighted by atomic mass is 9.87. The molecule has 0 aliphatic heterocycles. The molecule has 0 unspecified atom stereocenters. The Morgan fingerprint density at radius 2 is 2.05 bits per heavy atom. The molecule has 5 nitrogen and oxygen atoms in total. The molecule has 0 atom stereocenters. The molecule has 1 fully saturated rings. The minimum absolute atomic E-state index is 0.0288. The zero-order valence-electron chi connectivity index (χ0n) is 12.3. The van der Waals surface area contributed by atoms with E-state index in [0.717, 1.165) is 23.1 Å². The van der Waals surface area contributed by atoms with Crippen LogP contribution in [0.3, 0.4) is 0 Å². The third-order valence-electron chi connectivity index (χ3n) is 4.12. The van der Waals surface area contributed by atoms with Crippen molar-refractivity contribution in [3.8, 4) is 0 Å². The number of hydrogen-bond donors (Lipinski definition) is 2. The van der Waals surface area contributed by atoms with Crippen LogP contribution in [0.5, 0.6) is 0 Å². The highest BCUT2D eigenvalue weighted by Crippen LogP contribution is 2.29. The first-order valence-corrected chi connectivity index (χ1v) is 8.44. The molecule has 1 aromatic heterocycles. The second-order valence-corrected chi connectivity index (χ2v) is 6.85. The molecule has 3 N–H and O–H groups in total. The van der Waals surface area contributed by atoms with Crippen molar-refractivity contribution in [2.75, 3.05) is 5.32 Å². The monoisotopic (exact) mass is 317 g/mol. The van der Waals surface area contributed by atoms with Crippen molar-refractivity contribution in [2.45, 2.75) is 38.5 Å². The van der Waals surface area contributed by atoms with E-state index in [9.17, 15) is 9.59 Å². The molecule has 1 aliphatic carbocycles. The average Bonchev–Trinajstić information content (AvgIpc) is 2.89. The summed E-state index contributed by atoms with van der Waals surface area (Å²) in [7, 11) is 0. The number of benzene rings is 1. The fraction of sp³-hybridized carbons (Fsp3) is 0.438. The molecule has 1 aliphatic rings. The summed E-state index contributed by atoms with van der Waals surface area (Å²) in [4.78, 5) is 27.7. The third-order valence-corrected chi connectivity index (χ3v) is 5.05. The number of carbonyl (C=O) groups excluding carboxylic acids is 2. The number of aromatic nitrogens is 1. The van der Waals surface area contributed by atoms with Gasteiger partial charge < -0.3 is 11.1 Å². The molecule has 0 spiro atoms. The smallest absolute Gasteiger partial charge is 0.248 e. The van der Waals surface area contributed by atoms with Crippen LogP contribution < -0.4 is 11.1 Å². The Hall–Kier alpha value is -1.95. The molecule has 1 saturated carbocycles. The summed E-state index contributed by atoms with van der Waals surface area (Å²) >= 11 is 1.37. The maximum absolute atomic E-state index is 12.1. The highest BCUT2D eigenvalue weighted by atomic mass is 32.1. The van der Waals surface area contributed by atoms with Gasteiger partial charge in [-0.3, -0.25) is 9.59 Å². The number of anilines is 1.